The molecule has 1 atom stereocenters. The van der Waals surface area contributed by atoms with Crippen molar-refractivity contribution in [1.82, 2.24) is 15.6 Å². The van der Waals surface area contributed by atoms with Gasteiger partial charge in [0.25, 0.3) is 5.91 Å². The first-order valence-corrected chi connectivity index (χ1v) is 6.99. The van der Waals surface area contributed by atoms with E-state index >= 15 is 0 Å². The molecular weight excluding hydrogens is 266 g/mol. The number of hydrogen-bond donors (Lipinski definition) is 4. The molecule has 1 saturated heterocycles. The third-order valence-electron chi connectivity index (χ3n) is 2.78. The Morgan fingerprint density at radius 1 is 1.63 bits per heavy atom. The fourth-order valence-electron chi connectivity index (χ4n) is 1.85. The molecular formula is C11H17N5O2S. The number of hydrogen-bond acceptors (Lipinski definition) is 6. The van der Waals surface area contributed by atoms with E-state index in [4.69, 9.17) is 5.73 Å². The zero-order chi connectivity index (χ0) is 13.8. The Balaban J connectivity index is 1.90. The number of nitrogens with zero attached hydrogens (tertiary/aromatic N) is 1. The normalized spacial score (nSPS) is 18.2. The van der Waals surface area contributed by atoms with Gasteiger partial charge in [-0.1, -0.05) is 11.3 Å². The smallest absolute Gasteiger partial charge is 0.265 e. The van der Waals surface area contributed by atoms with Crippen molar-refractivity contribution in [2.45, 2.75) is 25.8 Å². The van der Waals surface area contributed by atoms with Gasteiger partial charge >= 0.3 is 0 Å². The minimum Gasteiger partial charge on any atom is -0.382 e. The predicted octanol–water partition coefficient (Wildman–Crippen LogP) is 0.165. The molecule has 8 heteroatoms. The first kappa shape index (κ1) is 13.6. The molecule has 104 valence electrons. The van der Waals surface area contributed by atoms with Crippen LogP contribution in [0, 0.1) is 0 Å². The fraction of sp³-hybridized carbons (Fsp3) is 0.545. The van der Waals surface area contributed by atoms with Crippen LogP contribution in [0.15, 0.2) is 0 Å². The molecule has 1 unspecified atom stereocenters. The number of nitrogens with two attached hydrogens (primary N) is 1. The molecule has 7 nitrogen and oxygen atoms in total. The van der Waals surface area contributed by atoms with Gasteiger partial charge in [0.15, 0.2) is 5.13 Å². The summed E-state index contributed by atoms with van der Waals surface area (Å²) >= 11 is 1.23. The van der Waals surface area contributed by atoms with Crippen LogP contribution in [-0.4, -0.2) is 35.9 Å². The van der Waals surface area contributed by atoms with Gasteiger partial charge in [-0.3, -0.25) is 9.59 Å². The van der Waals surface area contributed by atoms with Gasteiger partial charge in [-0.05, 0) is 13.3 Å². The van der Waals surface area contributed by atoms with E-state index in [1.807, 2.05) is 6.92 Å². The molecule has 1 aliphatic heterocycles. The van der Waals surface area contributed by atoms with Crippen LogP contribution in [0.5, 0.6) is 0 Å². The maximum Gasteiger partial charge on any atom is 0.265 e. The van der Waals surface area contributed by atoms with Crippen LogP contribution in [0.2, 0.25) is 0 Å². The molecule has 0 aromatic carbocycles. The van der Waals surface area contributed by atoms with Crippen molar-refractivity contribution < 1.29 is 9.59 Å². The summed E-state index contributed by atoms with van der Waals surface area (Å²) in [4.78, 5) is 27.5. The Kier molecular flexibility index (Phi) is 4.20. The second-order valence-corrected chi connectivity index (χ2v) is 5.28. The van der Waals surface area contributed by atoms with Crippen molar-refractivity contribution in [2.75, 3.05) is 24.1 Å². The molecule has 0 saturated carbocycles. The number of aromatic nitrogens is 1. The summed E-state index contributed by atoms with van der Waals surface area (Å²) in [5.41, 5.74) is 5.71. The highest BCUT2D eigenvalue weighted by Gasteiger charge is 2.22. The molecule has 2 rings (SSSR count). The van der Waals surface area contributed by atoms with Gasteiger partial charge in [-0.15, -0.1) is 0 Å². The molecule has 1 aromatic heterocycles. The maximum atomic E-state index is 12.0. The average Bonchev–Trinajstić information content (AvgIpc) is 2.93. The largest absolute Gasteiger partial charge is 0.382 e. The standard InChI is InChI=1S/C11H17N5O2S/c1-2-13-11-16-9(12)8(19-11)10(18)14-5-6-3-4-7(17)15-6/h6H,2-5,12H2,1H3,(H,13,16)(H,14,18)(H,15,17). The summed E-state index contributed by atoms with van der Waals surface area (Å²) in [6.45, 7) is 3.08. The van der Waals surface area contributed by atoms with E-state index in [1.54, 1.807) is 0 Å². The monoisotopic (exact) mass is 283 g/mol. The Morgan fingerprint density at radius 3 is 3.05 bits per heavy atom. The number of anilines is 2. The summed E-state index contributed by atoms with van der Waals surface area (Å²) in [7, 11) is 0. The van der Waals surface area contributed by atoms with E-state index in [1.165, 1.54) is 11.3 Å². The highest BCUT2D eigenvalue weighted by atomic mass is 32.1. The molecule has 0 spiro atoms. The van der Waals surface area contributed by atoms with Crippen LogP contribution in [0.3, 0.4) is 0 Å². The molecule has 2 amide bonds. The zero-order valence-electron chi connectivity index (χ0n) is 10.7. The molecule has 0 bridgehead atoms. The van der Waals surface area contributed by atoms with Gasteiger partial charge in [0.2, 0.25) is 5.91 Å². The molecule has 19 heavy (non-hydrogen) atoms. The van der Waals surface area contributed by atoms with Crippen LogP contribution >= 0.6 is 11.3 Å². The van der Waals surface area contributed by atoms with Crippen LogP contribution in [0.4, 0.5) is 10.9 Å². The number of nitrogens with one attached hydrogen (secondary N) is 3. The van der Waals surface area contributed by atoms with Crippen molar-refractivity contribution in [3.05, 3.63) is 4.88 Å². The Morgan fingerprint density at radius 2 is 2.42 bits per heavy atom. The van der Waals surface area contributed by atoms with Gasteiger partial charge in [-0.2, -0.15) is 0 Å². The summed E-state index contributed by atoms with van der Waals surface area (Å²) in [5.74, 6) is 0.0141. The zero-order valence-corrected chi connectivity index (χ0v) is 11.5. The van der Waals surface area contributed by atoms with E-state index in [2.05, 4.69) is 20.9 Å². The van der Waals surface area contributed by atoms with Gasteiger partial charge in [0.05, 0.1) is 0 Å². The molecule has 0 aliphatic carbocycles. The lowest BCUT2D eigenvalue weighted by Crippen LogP contribution is -2.38. The van der Waals surface area contributed by atoms with Gasteiger partial charge in [0, 0.05) is 25.6 Å². The topological polar surface area (TPSA) is 109 Å². The van der Waals surface area contributed by atoms with Crippen molar-refractivity contribution in [3.63, 3.8) is 0 Å². The lowest BCUT2D eigenvalue weighted by atomic mass is 10.2. The molecule has 1 fully saturated rings. The van der Waals surface area contributed by atoms with Crippen LogP contribution in [-0.2, 0) is 4.79 Å². The summed E-state index contributed by atoms with van der Waals surface area (Å²) in [6, 6.07) is 0.0128. The van der Waals surface area contributed by atoms with E-state index < -0.39 is 0 Å². The first-order chi connectivity index (χ1) is 9.10. The van der Waals surface area contributed by atoms with E-state index in [0.717, 1.165) is 13.0 Å². The quantitative estimate of drug-likeness (QED) is 0.615. The second kappa shape index (κ2) is 5.87. The number of nitrogen functional groups attached to an aromatic ring is 1. The Labute approximate surface area is 115 Å². The van der Waals surface area contributed by atoms with E-state index in [0.29, 0.717) is 23.0 Å². The second-order valence-electron chi connectivity index (χ2n) is 4.28. The van der Waals surface area contributed by atoms with E-state index in [-0.39, 0.29) is 23.7 Å². The number of thiazole rings is 1. The average molecular weight is 283 g/mol. The summed E-state index contributed by atoms with van der Waals surface area (Å²) in [6.07, 6.45) is 1.27. The molecule has 1 aliphatic rings. The van der Waals surface area contributed by atoms with Crippen molar-refractivity contribution in [1.29, 1.82) is 0 Å². The van der Waals surface area contributed by atoms with Crippen LogP contribution in [0.1, 0.15) is 29.4 Å². The SMILES string of the molecule is CCNc1nc(N)c(C(=O)NCC2CCC(=O)N2)s1. The van der Waals surface area contributed by atoms with Gasteiger partial charge < -0.3 is 21.7 Å². The number of carbonyl (C=O) groups excluding carboxylic acids is 2. The third kappa shape index (κ3) is 3.34. The van der Waals surface area contributed by atoms with Crippen molar-refractivity contribution in [3.8, 4) is 0 Å². The molecule has 5 N–H and O–H groups in total. The van der Waals surface area contributed by atoms with E-state index in [9.17, 15) is 9.59 Å². The van der Waals surface area contributed by atoms with Crippen LogP contribution in [0.25, 0.3) is 0 Å². The lowest BCUT2D eigenvalue weighted by Gasteiger charge is -2.10. The molecule has 2 heterocycles. The fourth-order valence-corrected chi connectivity index (χ4v) is 2.72. The van der Waals surface area contributed by atoms with Gasteiger partial charge in [-0.25, -0.2) is 4.98 Å². The molecule has 0 radical (unpaired) electrons. The molecule has 1 aromatic rings. The predicted molar refractivity (Wildman–Crippen MR) is 74.2 cm³/mol. The lowest BCUT2D eigenvalue weighted by molar-refractivity contribution is -0.119. The Hall–Kier alpha value is -1.83. The Bertz CT molecular complexity index is 487. The van der Waals surface area contributed by atoms with Crippen LogP contribution < -0.4 is 21.7 Å². The number of amides is 2. The maximum absolute atomic E-state index is 12.0. The van der Waals surface area contributed by atoms with Crippen molar-refractivity contribution in [2.24, 2.45) is 0 Å². The third-order valence-corrected chi connectivity index (χ3v) is 3.81. The highest BCUT2D eigenvalue weighted by molar-refractivity contribution is 7.18. The van der Waals surface area contributed by atoms with Gasteiger partial charge in [0.1, 0.15) is 10.7 Å². The minimum absolute atomic E-state index is 0.0128. The van der Waals surface area contributed by atoms with Crippen molar-refractivity contribution >= 4 is 34.1 Å². The number of carbonyl (C=O) groups is 2. The first-order valence-electron chi connectivity index (χ1n) is 6.18. The highest BCUT2D eigenvalue weighted by Crippen LogP contribution is 2.24. The summed E-state index contributed by atoms with van der Waals surface area (Å²) in [5, 5.41) is 9.21. The number of rotatable bonds is 5. The minimum atomic E-state index is -0.250. The summed E-state index contributed by atoms with van der Waals surface area (Å²) < 4.78 is 0.